The van der Waals surface area contributed by atoms with Gasteiger partial charge in [-0.25, -0.2) is 4.98 Å². The molecule has 0 saturated heterocycles. The zero-order valence-corrected chi connectivity index (χ0v) is 16.2. The molecule has 0 aliphatic heterocycles. The van der Waals surface area contributed by atoms with Crippen molar-refractivity contribution in [3.05, 3.63) is 82.6 Å². The van der Waals surface area contributed by atoms with Gasteiger partial charge in [0.05, 0.1) is 11.0 Å². The van der Waals surface area contributed by atoms with Gasteiger partial charge in [-0.15, -0.1) is 0 Å². The summed E-state index contributed by atoms with van der Waals surface area (Å²) in [5.41, 5.74) is 5.32. The molecule has 0 spiro atoms. The second-order valence-corrected chi connectivity index (χ2v) is 7.45. The SMILES string of the molecule is NSc1ccccc1-c1ccc2nc(/C=C/c3cccc(Br)c3)[nH]c2c1. The number of nitrogens with zero attached hydrogens (tertiary/aromatic N) is 1. The lowest BCUT2D eigenvalue weighted by molar-refractivity contribution is 1.29. The number of hydrogen-bond donors (Lipinski definition) is 2. The highest BCUT2D eigenvalue weighted by Gasteiger charge is 2.07. The van der Waals surface area contributed by atoms with E-state index in [9.17, 15) is 0 Å². The monoisotopic (exact) mass is 421 g/mol. The largest absolute Gasteiger partial charge is 0.338 e. The molecule has 0 unspecified atom stereocenters. The van der Waals surface area contributed by atoms with Gasteiger partial charge in [-0.2, -0.15) is 0 Å². The molecule has 5 heteroatoms. The van der Waals surface area contributed by atoms with Crippen LogP contribution in [0.2, 0.25) is 0 Å². The number of aromatic amines is 1. The van der Waals surface area contributed by atoms with E-state index in [1.165, 1.54) is 11.9 Å². The maximum atomic E-state index is 5.79. The van der Waals surface area contributed by atoms with E-state index in [-0.39, 0.29) is 0 Å². The van der Waals surface area contributed by atoms with E-state index in [2.05, 4.69) is 56.2 Å². The average molecular weight is 422 g/mol. The number of aromatic nitrogens is 2. The van der Waals surface area contributed by atoms with Gasteiger partial charge in [0, 0.05) is 9.37 Å². The van der Waals surface area contributed by atoms with Gasteiger partial charge in [-0.05, 0) is 65.0 Å². The van der Waals surface area contributed by atoms with Crippen molar-refractivity contribution in [2.75, 3.05) is 0 Å². The van der Waals surface area contributed by atoms with Crippen molar-refractivity contribution in [2.45, 2.75) is 4.90 Å². The molecule has 4 aromatic rings. The number of halogens is 1. The third-order valence-electron chi connectivity index (χ3n) is 4.11. The second-order valence-electron chi connectivity index (χ2n) is 5.86. The van der Waals surface area contributed by atoms with Crippen LogP contribution in [-0.2, 0) is 0 Å². The second kappa shape index (κ2) is 7.50. The quantitative estimate of drug-likeness (QED) is 0.389. The van der Waals surface area contributed by atoms with Crippen LogP contribution in [0.1, 0.15) is 11.4 Å². The minimum Gasteiger partial charge on any atom is -0.338 e. The summed E-state index contributed by atoms with van der Waals surface area (Å²) in [7, 11) is 0. The van der Waals surface area contributed by atoms with Gasteiger partial charge in [0.1, 0.15) is 5.82 Å². The Morgan fingerprint density at radius 1 is 0.962 bits per heavy atom. The van der Waals surface area contributed by atoms with Crippen LogP contribution >= 0.6 is 27.9 Å². The molecule has 1 aromatic heterocycles. The lowest BCUT2D eigenvalue weighted by Crippen LogP contribution is -1.85. The molecule has 0 radical (unpaired) electrons. The third kappa shape index (κ3) is 3.60. The van der Waals surface area contributed by atoms with E-state index >= 15 is 0 Å². The molecule has 3 nitrogen and oxygen atoms in total. The molecule has 1 heterocycles. The Hall–Kier alpha value is -2.34. The molecule has 0 fully saturated rings. The first kappa shape index (κ1) is 17.1. The first-order valence-electron chi connectivity index (χ1n) is 8.12. The maximum Gasteiger partial charge on any atom is 0.131 e. The van der Waals surface area contributed by atoms with Crippen molar-refractivity contribution in [1.29, 1.82) is 0 Å². The molecule has 3 aromatic carbocycles. The van der Waals surface area contributed by atoms with Crippen LogP contribution in [0.5, 0.6) is 0 Å². The van der Waals surface area contributed by atoms with Gasteiger partial charge in [0.15, 0.2) is 0 Å². The topological polar surface area (TPSA) is 54.7 Å². The normalized spacial score (nSPS) is 11.5. The Balaban J connectivity index is 1.68. The van der Waals surface area contributed by atoms with Gasteiger partial charge in [0.2, 0.25) is 0 Å². The zero-order chi connectivity index (χ0) is 17.9. The number of nitrogens with one attached hydrogen (secondary N) is 1. The fraction of sp³-hybridized carbons (Fsp3) is 0. The van der Waals surface area contributed by atoms with E-state index in [1.54, 1.807) is 0 Å². The number of rotatable bonds is 4. The molecule has 128 valence electrons. The Morgan fingerprint density at radius 3 is 2.69 bits per heavy atom. The van der Waals surface area contributed by atoms with Gasteiger partial charge in [-0.3, -0.25) is 5.14 Å². The van der Waals surface area contributed by atoms with Gasteiger partial charge >= 0.3 is 0 Å². The third-order valence-corrected chi connectivity index (χ3v) is 5.21. The Morgan fingerprint density at radius 2 is 1.85 bits per heavy atom. The van der Waals surface area contributed by atoms with Crippen molar-refractivity contribution in [1.82, 2.24) is 9.97 Å². The lowest BCUT2D eigenvalue weighted by atomic mass is 10.1. The van der Waals surface area contributed by atoms with Crippen LogP contribution in [-0.4, -0.2) is 9.97 Å². The molecule has 4 rings (SSSR count). The smallest absolute Gasteiger partial charge is 0.131 e. The number of hydrogen-bond acceptors (Lipinski definition) is 3. The van der Waals surface area contributed by atoms with E-state index in [1.807, 2.05) is 48.6 Å². The van der Waals surface area contributed by atoms with Crippen LogP contribution in [0.3, 0.4) is 0 Å². The van der Waals surface area contributed by atoms with E-state index in [0.29, 0.717) is 0 Å². The summed E-state index contributed by atoms with van der Waals surface area (Å²) in [6.45, 7) is 0. The first-order valence-corrected chi connectivity index (χ1v) is 9.80. The highest BCUT2D eigenvalue weighted by Crippen LogP contribution is 2.30. The first-order chi connectivity index (χ1) is 12.7. The van der Waals surface area contributed by atoms with E-state index in [4.69, 9.17) is 5.14 Å². The highest BCUT2D eigenvalue weighted by molar-refractivity contribution is 9.10. The summed E-state index contributed by atoms with van der Waals surface area (Å²) in [6.07, 6.45) is 4.04. The van der Waals surface area contributed by atoms with Gasteiger partial charge in [0.25, 0.3) is 0 Å². The van der Waals surface area contributed by atoms with Crippen LogP contribution in [0.4, 0.5) is 0 Å². The van der Waals surface area contributed by atoms with Crippen LogP contribution < -0.4 is 5.14 Å². The van der Waals surface area contributed by atoms with Gasteiger partial charge < -0.3 is 4.98 Å². The number of nitrogens with two attached hydrogens (primary N) is 1. The average Bonchev–Trinajstić information content (AvgIpc) is 3.08. The molecule has 0 saturated carbocycles. The van der Waals surface area contributed by atoms with Crippen LogP contribution in [0, 0.1) is 0 Å². The fourth-order valence-corrected chi connectivity index (χ4v) is 3.76. The molecular weight excluding hydrogens is 406 g/mol. The Labute approximate surface area is 164 Å². The minimum absolute atomic E-state index is 0.832. The predicted octanol–water partition coefficient (Wildman–Crippen LogP) is 6.13. The summed E-state index contributed by atoms with van der Waals surface area (Å²) in [5, 5.41) is 5.79. The molecule has 0 amide bonds. The van der Waals surface area contributed by atoms with Crippen molar-refractivity contribution in [3.63, 3.8) is 0 Å². The maximum absolute atomic E-state index is 5.79. The molecule has 0 bridgehead atoms. The minimum atomic E-state index is 0.832. The summed E-state index contributed by atoms with van der Waals surface area (Å²) >= 11 is 4.76. The number of imidazole rings is 1. The van der Waals surface area contributed by atoms with Crippen LogP contribution in [0.25, 0.3) is 34.3 Å². The highest BCUT2D eigenvalue weighted by atomic mass is 79.9. The Kier molecular flexibility index (Phi) is 4.93. The molecule has 0 aliphatic carbocycles. The molecule has 3 N–H and O–H groups in total. The summed E-state index contributed by atoms with van der Waals surface area (Å²) < 4.78 is 1.06. The van der Waals surface area contributed by atoms with Gasteiger partial charge in [-0.1, -0.05) is 58.4 Å². The Bertz CT molecular complexity index is 1100. The molecule has 0 aliphatic rings. The standard InChI is InChI=1S/C21H16BrN3S/c22-16-5-3-4-14(12-16)8-11-21-24-18-10-9-15(13-19(18)25-21)17-6-1-2-7-20(17)26-23/h1-13H,23H2,(H,24,25)/b11-8+. The van der Waals surface area contributed by atoms with Crippen LogP contribution in [0.15, 0.2) is 76.1 Å². The summed E-state index contributed by atoms with van der Waals surface area (Å²) in [5.74, 6) is 0.832. The number of fused-ring (bicyclic) bond motifs is 1. The molecule has 26 heavy (non-hydrogen) atoms. The van der Waals surface area contributed by atoms with E-state index in [0.717, 1.165) is 42.9 Å². The van der Waals surface area contributed by atoms with Crippen molar-refractivity contribution < 1.29 is 0 Å². The van der Waals surface area contributed by atoms with E-state index < -0.39 is 0 Å². The molecular formula is C21H16BrN3S. The lowest BCUT2D eigenvalue weighted by Gasteiger charge is -2.06. The van der Waals surface area contributed by atoms with Crippen molar-refractivity contribution >= 4 is 51.1 Å². The number of benzene rings is 3. The number of H-pyrrole nitrogens is 1. The van der Waals surface area contributed by atoms with Crippen molar-refractivity contribution in [2.24, 2.45) is 5.14 Å². The van der Waals surface area contributed by atoms with Crippen molar-refractivity contribution in [3.8, 4) is 11.1 Å². The zero-order valence-electron chi connectivity index (χ0n) is 13.8. The fourth-order valence-electron chi connectivity index (χ4n) is 2.87. The summed E-state index contributed by atoms with van der Waals surface area (Å²) in [4.78, 5) is 9.08. The summed E-state index contributed by atoms with van der Waals surface area (Å²) in [6, 6.07) is 22.5. The molecule has 0 atom stereocenters. The predicted molar refractivity (Wildman–Crippen MR) is 115 cm³/mol.